The van der Waals surface area contributed by atoms with E-state index in [0.717, 1.165) is 60.5 Å². The van der Waals surface area contributed by atoms with Crippen LogP contribution in [0.15, 0.2) is 48.8 Å². The van der Waals surface area contributed by atoms with Crippen molar-refractivity contribution in [2.45, 2.75) is 69.6 Å². The zero-order valence-corrected chi connectivity index (χ0v) is 19.6. The Morgan fingerprint density at radius 3 is 2.85 bits per heavy atom. The molecular formula is C26H30N4O2S. The molecule has 172 valence electrons. The van der Waals surface area contributed by atoms with E-state index in [9.17, 15) is 9.90 Å². The highest BCUT2D eigenvalue weighted by Gasteiger charge is 2.32. The first-order chi connectivity index (χ1) is 16.1. The molecule has 1 aliphatic carbocycles. The van der Waals surface area contributed by atoms with Crippen LogP contribution in [-0.2, 0) is 24.1 Å². The Kier molecular flexibility index (Phi) is 6.53. The maximum Gasteiger partial charge on any atom is 0.233 e. The van der Waals surface area contributed by atoms with Crippen molar-refractivity contribution < 1.29 is 9.90 Å². The van der Waals surface area contributed by atoms with E-state index in [4.69, 9.17) is 4.98 Å². The van der Waals surface area contributed by atoms with Crippen molar-refractivity contribution in [3.05, 3.63) is 75.5 Å². The number of hydrogen-bond donors (Lipinski definition) is 3. The number of carbonyl (C=O) groups excluding carboxylic acids is 1. The maximum atomic E-state index is 12.9. The topological polar surface area (TPSA) is 87.1 Å². The molecule has 2 aliphatic rings. The number of thiazole rings is 1. The van der Waals surface area contributed by atoms with Gasteiger partial charge in [0.15, 0.2) is 0 Å². The third-order valence-corrected chi connectivity index (χ3v) is 8.04. The summed E-state index contributed by atoms with van der Waals surface area (Å²) in [6.07, 6.45) is 8.50. The number of hydrogen-bond acceptors (Lipinski definition) is 6. The van der Waals surface area contributed by atoms with Crippen LogP contribution >= 0.6 is 11.3 Å². The Bertz CT molecular complexity index is 1100. The minimum Gasteiger partial charge on any atom is -0.387 e. The van der Waals surface area contributed by atoms with Gasteiger partial charge in [0.05, 0.1) is 22.7 Å². The molecule has 0 radical (unpaired) electrons. The monoisotopic (exact) mass is 462 g/mol. The summed E-state index contributed by atoms with van der Waals surface area (Å²) in [6, 6.07) is 12.3. The fourth-order valence-electron chi connectivity index (χ4n) is 4.97. The number of nitrogens with zero attached hydrogens (tertiary/aromatic N) is 2. The van der Waals surface area contributed by atoms with Crippen LogP contribution in [0, 0.1) is 0 Å². The van der Waals surface area contributed by atoms with Gasteiger partial charge in [-0.2, -0.15) is 0 Å². The molecule has 0 unspecified atom stereocenters. The van der Waals surface area contributed by atoms with E-state index < -0.39 is 6.10 Å². The second kappa shape index (κ2) is 9.71. The van der Waals surface area contributed by atoms with Gasteiger partial charge in [0.2, 0.25) is 5.91 Å². The number of aliphatic hydroxyl groups is 1. The number of aromatic nitrogens is 2. The number of aryl methyl sites for hydroxylation is 2. The van der Waals surface area contributed by atoms with Crippen molar-refractivity contribution in [2.24, 2.45) is 0 Å². The molecule has 3 aromatic rings. The minimum absolute atomic E-state index is 0.0409. The van der Waals surface area contributed by atoms with Crippen molar-refractivity contribution in [1.29, 1.82) is 0 Å². The van der Waals surface area contributed by atoms with Crippen molar-refractivity contribution >= 4 is 22.9 Å². The molecule has 1 saturated heterocycles. The quantitative estimate of drug-likeness (QED) is 0.491. The normalized spacial score (nSPS) is 22.8. The first kappa shape index (κ1) is 22.2. The molecule has 1 aromatic carbocycles. The van der Waals surface area contributed by atoms with Gasteiger partial charge in [-0.1, -0.05) is 25.1 Å². The summed E-state index contributed by atoms with van der Waals surface area (Å²) in [4.78, 5) is 23.0. The van der Waals surface area contributed by atoms with E-state index in [-0.39, 0.29) is 17.9 Å². The largest absolute Gasteiger partial charge is 0.387 e. The van der Waals surface area contributed by atoms with Crippen molar-refractivity contribution in [2.75, 3.05) is 5.32 Å². The van der Waals surface area contributed by atoms with Crippen LogP contribution in [0.3, 0.4) is 0 Å². The number of carbonyl (C=O) groups is 1. The summed E-state index contributed by atoms with van der Waals surface area (Å²) in [7, 11) is 0. The molecule has 7 heteroatoms. The highest BCUT2D eigenvalue weighted by Crippen LogP contribution is 2.37. The van der Waals surface area contributed by atoms with Gasteiger partial charge >= 0.3 is 0 Å². The third-order valence-electron chi connectivity index (χ3n) is 6.77. The Morgan fingerprint density at radius 1 is 1.24 bits per heavy atom. The number of amides is 1. The molecule has 3 heterocycles. The number of benzene rings is 1. The fraction of sp³-hybridized carbons (Fsp3) is 0.423. The second-order valence-corrected chi connectivity index (χ2v) is 10.2. The summed E-state index contributed by atoms with van der Waals surface area (Å²) in [6.45, 7) is 2.11. The van der Waals surface area contributed by atoms with Crippen molar-refractivity contribution in [1.82, 2.24) is 15.3 Å². The standard InChI is InChI=1S/C26H30N4O2S/c1-2-23-30-24-20(10-12-22(24)33-23)26(32)29-18-7-5-16(6-8-18)14-19-9-11-21(28-19)25(31)17-4-3-13-27-15-17/h3-8,13,15,19-21,25,28,31H,2,9-12,14H2,1H3,(H,29,32)/t19-,20+,21+,25+/m0/s1. The molecule has 5 rings (SSSR count). The third kappa shape index (κ3) is 4.86. The van der Waals surface area contributed by atoms with E-state index >= 15 is 0 Å². The Morgan fingerprint density at radius 2 is 2.09 bits per heavy atom. The van der Waals surface area contributed by atoms with E-state index in [1.165, 1.54) is 10.4 Å². The van der Waals surface area contributed by atoms with Gasteiger partial charge in [0, 0.05) is 40.6 Å². The second-order valence-electron chi connectivity index (χ2n) is 9.03. The van der Waals surface area contributed by atoms with Gasteiger partial charge in [-0.25, -0.2) is 4.98 Å². The van der Waals surface area contributed by atoms with E-state index in [0.29, 0.717) is 6.04 Å². The number of aliphatic hydroxyl groups excluding tert-OH is 1. The predicted molar refractivity (Wildman–Crippen MR) is 130 cm³/mol. The highest BCUT2D eigenvalue weighted by atomic mass is 32.1. The zero-order valence-electron chi connectivity index (χ0n) is 18.8. The van der Waals surface area contributed by atoms with Gasteiger partial charge in [0.25, 0.3) is 0 Å². The van der Waals surface area contributed by atoms with Crippen LogP contribution in [0.25, 0.3) is 0 Å². The summed E-state index contributed by atoms with van der Waals surface area (Å²) < 4.78 is 0. The summed E-state index contributed by atoms with van der Waals surface area (Å²) in [5.74, 6) is -0.0961. The van der Waals surface area contributed by atoms with Gasteiger partial charge in [-0.15, -0.1) is 11.3 Å². The maximum absolute atomic E-state index is 12.9. The van der Waals surface area contributed by atoms with E-state index in [2.05, 4.69) is 34.7 Å². The summed E-state index contributed by atoms with van der Waals surface area (Å²) in [5.41, 5.74) is 3.89. The van der Waals surface area contributed by atoms with E-state index in [1.807, 2.05) is 24.3 Å². The van der Waals surface area contributed by atoms with Gasteiger partial charge in [0.1, 0.15) is 0 Å². The predicted octanol–water partition coefficient (Wildman–Crippen LogP) is 4.17. The number of anilines is 1. The Labute approximate surface area is 198 Å². The van der Waals surface area contributed by atoms with Crippen LogP contribution < -0.4 is 10.6 Å². The van der Waals surface area contributed by atoms with Crippen molar-refractivity contribution in [3.8, 4) is 0 Å². The first-order valence-corrected chi connectivity index (χ1v) is 12.6. The molecule has 33 heavy (non-hydrogen) atoms. The Hall–Kier alpha value is -2.61. The molecule has 2 aromatic heterocycles. The highest BCUT2D eigenvalue weighted by molar-refractivity contribution is 7.11. The van der Waals surface area contributed by atoms with Crippen LogP contribution in [0.1, 0.15) is 64.9 Å². The molecular weight excluding hydrogens is 432 g/mol. The smallest absolute Gasteiger partial charge is 0.233 e. The van der Waals surface area contributed by atoms with E-state index in [1.54, 1.807) is 23.7 Å². The molecule has 1 fully saturated rings. The average Bonchev–Trinajstić information content (AvgIpc) is 3.56. The first-order valence-electron chi connectivity index (χ1n) is 11.8. The molecule has 0 saturated carbocycles. The SMILES string of the molecule is CCc1nc2c(s1)CC[C@H]2C(=O)Nc1ccc(C[C@@H]2CC[C@H]([C@H](O)c3cccnc3)N2)cc1. The number of pyridine rings is 1. The van der Waals surface area contributed by atoms with Crippen LogP contribution in [0.2, 0.25) is 0 Å². The minimum atomic E-state index is -0.538. The van der Waals surface area contributed by atoms with Crippen LogP contribution in [-0.4, -0.2) is 33.1 Å². The molecule has 4 atom stereocenters. The van der Waals surface area contributed by atoms with Gasteiger partial charge in [-0.05, 0) is 62.3 Å². The molecule has 6 nitrogen and oxygen atoms in total. The summed E-state index contributed by atoms with van der Waals surface area (Å²) >= 11 is 1.75. The lowest BCUT2D eigenvalue weighted by Gasteiger charge is -2.20. The molecule has 1 amide bonds. The number of nitrogens with one attached hydrogen (secondary N) is 2. The lowest BCUT2D eigenvalue weighted by Crippen LogP contribution is -2.35. The van der Waals surface area contributed by atoms with Gasteiger partial charge < -0.3 is 15.7 Å². The van der Waals surface area contributed by atoms with Crippen LogP contribution in [0.4, 0.5) is 5.69 Å². The molecule has 0 bridgehead atoms. The summed E-state index contributed by atoms with van der Waals surface area (Å²) in [5, 5.41) is 18.4. The van der Waals surface area contributed by atoms with Gasteiger partial charge in [-0.3, -0.25) is 9.78 Å². The lowest BCUT2D eigenvalue weighted by atomic mass is 10.0. The number of rotatable bonds is 7. The lowest BCUT2D eigenvalue weighted by molar-refractivity contribution is -0.117. The average molecular weight is 463 g/mol. The molecule has 3 N–H and O–H groups in total. The Balaban J connectivity index is 1.15. The van der Waals surface area contributed by atoms with Crippen LogP contribution in [0.5, 0.6) is 0 Å². The van der Waals surface area contributed by atoms with Crippen molar-refractivity contribution in [3.63, 3.8) is 0 Å². The number of fused-ring (bicyclic) bond motifs is 1. The molecule has 1 aliphatic heterocycles. The zero-order chi connectivity index (χ0) is 22.8. The molecule has 0 spiro atoms. The fourth-order valence-corrected chi connectivity index (χ4v) is 6.05.